The van der Waals surface area contributed by atoms with E-state index in [1.807, 2.05) is 19.0 Å². The number of nitrogens with one attached hydrogen (secondary N) is 1. The predicted molar refractivity (Wildman–Crippen MR) is 65.1 cm³/mol. The first-order chi connectivity index (χ1) is 8.06. The lowest BCUT2D eigenvalue weighted by Crippen LogP contribution is -2.39. The second kappa shape index (κ2) is 4.33. The number of hydrogen-bond acceptors (Lipinski definition) is 4. The maximum Gasteiger partial charge on any atom is 0.253 e. The summed E-state index contributed by atoms with van der Waals surface area (Å²) in [6, 6.07) is 3.54. The van der Waals surface area contributed by atoms with Gasteiger partial charge in [0.15, 0.2) is 0 Å². The van der Waals surface area contributed by atoms with Gasteiger partial charge in [-0.1, -0.05) is 0 Å². The fourth-order valence-electron chi connectivity index (χ4n) is 1.57. The van der Waals surface area contributed by atoms with Crippen LogP contribution in [0.3, 0.4) is 0 Å². The molecule has 1 aromatic rings. The maximum atomic E-state index is 11.9. The van der Waals surface area contributed by atoms with Crippen LogP contribution in [0.1, 0.15) is 23.2 Å². The number of nitrogens with zero attached hydrogens (tertiary/aromatic N) is 2. The molecule has 0 aromatic carbocycles. The lowest BCUT2D eigenvalue weighted by atomic mass is 10.2. The van der Waals surface area contributed by atoms with E-state index in [0.29, 0.717) is 5.56 Å². The van der Waals surface area contributed by atoms with Crippen LogP contribution in [0.25, 0.3) is 0 Å². The number of carbonyl (C=O) groups is 1. The molecule has 0 radical (unpaired) electrons. The topological polar surface area (TPSA) is 65.5 Å². The molecule has 0 bridgehead atoms. The van der Waals surface area contributed by atoms with Crippen molar-refractivity contribution in [1.82, 2.24) is 10.3 Å². The molecule has 1 aliphatic carbocycles. The Labute approximate surface area is 100 Å². The molecule has 2 N–H and O–H groups in total. The van der Waals surface area contributed by atoms with Crippen molar-refractivity contribution in [3.63, 3.8) is 0 Å². The highest BCUT2D eigenvalue weighted by Crippen LogP contribution is 2.34. The van der Waals surface area contributed by atoms with Gasteiger partial charge >= 0.3 is 0 Å². The lowest BCUT2D eigenvalue weighted by Gasteiger charge is -2.15. The van der Waals surface area contributed by atoms with Crippen LogP contribution in [0.5, 0.6) is 0 Å². The molecule has 5 heteroatoms. The van der Waals surface area contributed by atoms with E-state index in [9.17, 15) is 4.79 Å². The molecule has 5 nitrogen and oxygen atoms in total. The normalized spacial score (nSPS) is 16.4. The van der Waals surface area contributed by atoms with Crippen molar-refractivity contribution in [2.75, 3.05) is 25.6 Å². The number of aliphatic hydroxyl groups excluding tert-OH is 1. The van der Waals surface area contributed by atoms with Crippen molar-refractivity contribution >= 4 is 11.7 Å². The smallest absolute Gasteiger partial charge is 0.253 e. The Morgan fingerprint density at radius 2 is 2.24 bits per heavy atom. The zero-order chi connectivity index (χ0) is 12.5. The second-order valence-electron chi connectivity index (χ2n) is 4.69. The summed E-state index contributed by atoms with van der Waals surface area (Å²) in [6.45, 7) is 0.00193. The van der Waals surface area contributed by atoms with Crippen LogP contribution in [0.15, 0.2) is 18.3 Å². The second-order valence-corrected chi connectivity index (χ2v) is 4.69. The van der Waals surface area contributed by atoms with E-state index in [2.05, 4.69) is 10.3 Å². The first-order valence-electron chi connectivity index (χ1n) is 5.63. The largest absolute Gasteiger partial charge is 0.394 e. The Balaban J connectivity index is 2.04. The zero-order valence-corrected chi connectivity index (χ0v) is 10.1. The molecule has 1 aliphatic rings. The number of aromatic nitrogens is 1. The molecular weight excluding hydrogens is 218 g/mol. The summed E-state index contributed by atoms with van der Waals surface area (Å²) < 4.78 is 0. The molecule has 1 amide bonds. The summed E-state index contributed by atoms with van der Waals surface area (Å²) in [7, 11) is 3.79. The van der Waals surface area contributed by atoms with E-state index in [1.54, 1.807) is 18.3 Å². The van der Waals surface area contributed by atoms with Crippen molar-refractivity contribution < 1.29 is 9.90 Å². The van der Waals surface area contributed by atoms with Gasteiger partial charge in [-0.3, -0.25) is 4.79 Å². The molecule has 0 atom stereocenters. The van der Waals surface area contributed by atoms with Crippen LogP contribution >= 0.6 is 0 Å². The van der Waals surface area contributed by atoms with E-state index in [0.717, 1.165) is 18.7 Å². The summed E-state index contributed by atoms with van der Waals surface area (Å²) in [4.78, 5) is 17.9. The van der Waals surface area contributed by atoms with Gasteiger partial charge in [0.05, 0.1) is 17.7 Å². The van der Waals surface area contributed by atoms with Gasteiger partial charge in [0.2, 0.25) is 0 Å². The molecule has 1 heterocycles. The first-order valence-corrected chi connectivity index (χ1v) is 5.63. The number of pyridine rings is 1. The molecule has 0 saturated heterocycles. The van der Waals surface area contributed by atoms with Crippen molar-refractivity contribution in [2.24, 2.45) is 0 Å². The quantitative estimate of drug-likeness (QED) is 0.793. The van der Waals surface area contributed by atoms with Crippen LogP contribution < -0.4 is 10.2 Å². The fourth-order valence-corrected chi connectivity index (χ4v) is 1.57. The van der Waals surface area contributed by atoms with E-state index >= 15 is 0 Å². The summed E-state index contributed by atoms with van der Waals surface area (Å²) >= 11 is 0. The molecule has 1 saturated carbocycles. The average Bonchev–Trinajstić information content (AvgIpc) is 3.09. The number of amides is 1. The van der Waals surface area contributed by atoms with Crippen LogP contribution in [0.2, 0.25) is 0 Å². The monoisotopic (exact) mass is 235 g/mol. The highest BCUT2D eigenvalue weighted by molar-refractivity contribution is 5.94. The van der Waals surface area contributed by atoms with Gasteiger partial charge in [-0.05, 0) is 25.0 Å². The molecule has 0 aliphatic heterocycles. The van der Waals surface area contributed by atoms with E-state index < -0.39 is 0 Å². The Kier molecular flexibility index (Phi) is 3.02. The molecule has 2 rings (SSSR count). The molecule has 1 aromatic heterocycles. The van der Waals surface area contributed by atoms with Crippen molar-refractivity contribution in [1.29, 1.82) is 0 Å². The zero-order valence-electron chi connectivity index (χ0n) is 10.1. The summed E-state index contributed by atoms with van der Waals surface area (Å²) in [5.41, 5.74) is 0.146. The predicted octanol–water partition coefficient (Wildman–Crippen LogP) is 0.402. The molecular formula is C12H17N3O2. The third-order valence-corrected chi connectivity index (χ3v) is 3.00. The molecule has 1 fully saturated rings. The first kappa shape index (κ1) is 11.9. The average molecular weight is 235 g/mol. The Morgan fingerprint density at radius 3 is 2.65 bits per heavy atom. The third-order valence-electron chi connectivity index (χ3n) is 3.00. The van der Waals surface area contributed by atoms with Crippen LogP contribution in [0.4, 0.5) is 5.82 Å². The minimum absolute atomic E-state index is 0.00193. The van der Waals surface area contributed by atoms with Crippen LogP contribution in [-0.2, 0) is 0 Å². The molecule has 17 heavy (non-hydrogen) atoms. The summed E-state index contributed by atoms with van der Waals surface area (Å²) in [5, 5.41) is 12.0. The number of carbonyl (C=O) groups excluding carboxylic acids is 1. The number of rotatable bonds is 4. The van der Waals surface area contributed by atoms with Crippen molar-refractivity contribution in [3.05, 3.63) is 23.9 Å². The standard InChI is InChI=1S/C12H17N3O2/c1-15(2)10-4-3-9(7-13-10)11(17)14-12(8-16)5-6-12/h3-4,7,16H,5-6,8H2,1-2H3,(H,14,17). The number of aliphatic hydroxyl groups is 1. The minimum atomic E-state index is -0.378. The Bertz CT molecular complexity index is 410. The minimum Gasteiger partial charge on any atom is -0.394 e. The highest BCUT2D eigenvalue weighted by atomic mass is 16.3. The molecule has 0 unspecified atom stereocenters. The maximum absolute atomic E-state index is 11.9. The van der Waals surface area contributed by atoms with Crippen LogP contribution in [0, 0.1) is 0 Å². The van der Waals surface area contributed by atoms with Gasteiger partial charge in [0.25, 0.3) is 5.91 Å². The Hall–Kier alpha value is -1.62. The third kappa shape index (κ3) is 2.55. The van der Waals surface area contributed by atoms with E-state index in [4.69, 9.17) is 5.11 Å². The van der Waals surface area contributed by atoms with Gasteiger partial charge in [-0.2, -0.15) is 0 Å². The number of hydrogen-bond donors (Lipinski definition) is 2. The summed E-state index contributed by atoms with van der Waals surface area (Å²) in [5.74, 6) is 0.638. The molecule has 0 spiro atoms. The Morgan fingerprint density at radius 1 is 1.53 bits per heavy atom. The van der Waals surface area contributed by atoms with Gasteiger partial charge in [-0.25, -0.2) is 4.98 Å². The van der Waals surface area contributed by atoms with Gasteiger partial charge in [0, 0.05) is 20.3 Å². The fraction of sp³-hybridized carbons (Fsp3) is 0.500. The van der Waals surface area contributed by atoms with E-state index in [1.165, 1.54) is 0 Å². The lowest BCUT2D eigenvalue weighted by molar-refractivity contribution is 0.0906. The van der Waals surface area contributed by atoms with Crippen molar-refractivity contribution in [2.45, 2.75) is 18.4 Å². The van der Waals surface area contributed by atoms with Gasteiger partial charge in [-0.15, -0.1) is 0 Å². The number of anilines is 1. The van der Waals surface area contributed by atoms with E-state index in [-0.39, 0.29) is 18.1 Å². The van der Waals surface area contributed by atoms with Gasteiger partial charge in [0.1, 0.15) is 5.82 Å². The summed E-state index contributed by atoms with van der Waals surface area (Å²) in [6.07, 6.45) is 3.25. The molecule has 92 valence electrons. The van der Waals surface area contributed by atoms with Crippen molar-refractivity contribution in [3.8, 4) is 0 Å². The highest BCUT2D eigenvalue weighted by Gasteiger charge is 2.43. The SMILES string of the molecule is CN(C)c1ccc(C(=O)NC2(CO)CC2)cn1. The van der Waals surface area contributed by atoms with Crippen LogP contribution in [-0.4, -0.2) is 42.2 Å². The van der Waals surface area contributed by atoms with Gasteiger partial charge < -0.3 is 15.3 Å².